The number of hydrogen-bond donors (Lipinski definition) is 3. The third kappa shape index (κ3) is 3.92. The van der Waals surface area contributed by atoms with Gasteiger partial charge in [-0.05, 0) is 42.1 Å². The highest BCUT2D eigenvalue weighted by atomic mass is 32.1. The van der Waals surface area contributed by atoms with Crippen LogP contribution in [0.3, 0.4) is 0 Å². The Kier molecular flexibility index (Phi) is 4.90. The Balaban J connectivity index is 2.08. The minimum atomic E-state index is -1.11. The van der Waals surface area contributed by atoms with Crippen LogP contribution in [0, 0.1) is 6.92 Å². The average Bonchev–Trinajstić information content (AvgIpc) is 3.01. The lowest BCUT2D eigenvalue weighted by molar-refractivity contribution is -0.135. The van der Waals surface area contributed by atoms with Crippen molar-refractivity contribution >= 4 is 34.8 Å². The van der Waals surface area contributed by atoms with Crippen LogP contribution in [0.1, 0.15) is 25.6 Å². The summed E-state index contributed by atoms with van der Waals surface area (Å²) in [5.74, 6) is -1.78. The molecule has 1 aromatic carbocycles. The van der Waals surface area contributed by atoms with Crippen LogP contribution in [-0.4, -0.2) is 29.4 Å². The first-order valence-corrected chi connectivity index (χ1v) is 7.31. The summed E-state index contributed by atoms with van der Waals surface area (Å²) in [4.78, 5) is 34.8. The number of hydrogen-bond acceptors (Lipinski definition) is 4. The summed E-state index contributed by atoms with van der Waals surface area (Å²) in [7, 11) is 0. The molecule has 6 nitrogen and oxygen atoms in total. The average molecular weight is 318 g/mol. The van der Waals surface area contributed by atoms with E-state index in [0.717, 1.165) is 0 Å². The van der Waals surface area contributed by atoms with Crippen molar-refractivity contribution in [1.82, 2.24) is 5.32 Å². The zero-order valence-electron chi connectivity index (χ0n) is 11.8. The van der Waals surface area contributed by atoms with E-state index in [0.29, 0.717) is 21.7 Å². The van der Waals surface area contributed by atoms with Crippen LogP contribution < -0.4 is 10.6 Å². The number of thiophene rings is 1. The number of carboxylic acid groups (broad SMARTS) is 1. The lowest BCUT2D eigenvalue weighted by Gasteiger charge is -2.09. The fourth-order valence-corrected chi connectivity index (χ4v) is 2.41. The first-order chi connectivity index (χ1) is 10.5. The van der Waals surface area contributed by atoms with E-state index in [1.54, 1.807) is 31.2 Å². The van der Waals surface area contributed by atoms with E-state index in [1.165, 1.54) is 17.4 Å². The maximum Gasteiger partial charge on any atom is 0.322 e. The third-order valence-corrected chi connectivity index (χ3v) is 3.75. The molecular formula is C15H14N2O4S. The smallest absolute Gasteiger partial charge is 0.322 e. The van der Waals surface area contributed by atoms with Crippen molar-refractivity contribution in [2.45, 2.75) is 6.92 Å². The van der Waals surface area contributed by atoms with Crippen LogP contribution in [0.2, 0.25) is 0 Å². The molecule has 0 saturated heterocycles. The Morgan fingerprint density at radius 2 is 1.95 bits per heavy atom. The van der Waals surface area contributed by atoms with Gasteiger partial charge in [0.2, 0.25) is 0 Å². The predicted octanol–water partition coefficient (Wildman–Crippen LogP) is 2.12. The number of nitrogens with one attached hydrogen (secondary N) is 2. The van der Waals surface area contributed by atoms with E-state index in [9.17, 15) is 14.4 Å². The van der Waals surface area contributed by atoms with E-state index in [1.807, 2.05) is 5.38 Å². The quantitative estimate of drug-likeness (QED) is 0.787. The molecule has 0 aliphatic rings. The van der Waals surface area contributed by atoms with Gasteiger partial charge < -0.3 is 15.7 Å². The van der Waals surface area contributed by atoms with Gasteiger partial charge in [-0.1, -0.05) is 6.07 Å². The normalized spacial score (nSPS) is 10.0. The minimum absolute atomic E-state index is 0.207. The highest BCUT2D eigenvalue weighted by Gasteiger charge is 2.11. The Bertz CT molecular complexity index is 710. The van der Waals surface area contributed by atoms with Gasteiger partial charge in [0.1, 0.15) is 6.54 Å². The molecule has 3 N–H and O–H groups in total. The van der Waals surface area contributed by atoms with Gasteiger partial charge in [-0.25, -0.2) is 0 Å². The topological polar surface area (TPSA) is 95.5 Å². The molecule has 1 aromatic heterocycles. The van der Waals surface area contributed by atoms with E-state index in [4.69, 9.17) is 5.11 Å². The second-order valence-electron chi connectivity index (χ2n) is 4.54. The van der Waals surface area contributed by atoms with Gasteiger partial charge in [0, 0.05) is 11.3 Å². The van der Waals surface area contributed by atoms with Crippen molar-refractivity contribution < 1.29 is 19.5 Å². The Morgan fingerprint density at radius 1 is 1.18 bits per heavy atom. The molecule has 22 heavy (non-hydrogen) atoms. The van der Waals surface area contributed by atoms with Gasteiger partial charge in [0.25, 0.3) is 11.8 Å². The lowest BCUT2D eigenvalue weighted by atomic mass is 10.1. The molecule has 2 amide bonds. The number of benzene rings is 1. The van der Waals surface area contributed by atoms with Crippen molar-refractivity contribution in [2.24, 2.45) is 0 Å². The molecule has 0 radical (unpaired) electrons. The van der Waals surface area contributed by atoms with Gasteiger partial charge in [-0.3, -0.25) is 14.4 Å². The van der Waals surface area contributed by atoms with Crippen LogP contribution in [0.5, 0.6) is 0 Å². The molecule has 0 saturated carbocycles. The molecular weight excluding hydrogens is 304 g/mol. The zero-order chi connectivity index (χ0) is 16.1. The summed E-state index contributed by atoms with van der Waals surface area (Å²) in [5.41, 5.74) is 1.66. The maximum atomic E-state index is 12.0. The lowest BCUT2D eigenvalue weighted by Crippen LogP contribution is -2.29. The van der Waals surface area contributed by atoms with Gasteiger partial charge in [-0.15, -0.1) is 11.3 Å². The summed E-state index contributed by atoms with van der Waals surface area (Å²) in [6.07, 6.45) is 0. The number of carbonyl (C=O) groups is 3. The molecule has 2 aromatic rings. The fraction of sp³-hybridized carbons (Fsp3) is 0.133. The van der Waals surface area contributed by atoms with Crippen LogP contribution in [0.15, 0.2) is 35.7 Å². The molecule has 0 atom stereocenters. The molecule has 1 heterocycles. The first-order valence-electron chi connectivity index (χ1n) is 6.43. The SMILES string of the molecule is Cc1cc(C(=O)NCC(=O)O)ccc1NC(=O)c1cccs1. The number of carboxylic acids is 1. The highest BCUT2D eigenvalue weighted by Crippen LogP contribution is 2.19. The van der Waals surface area contributed by atoms with Crippen molar-refractivity contribution in [3.05, 3.63) is 51.7 Å². The van der Waals surface area contributed by atoms with E-state index >= 15 is 0 Å². The number of aryl methyl sites for hydroxylation is 1. The maximum absolute atomic E-state index is 12.0. The van der Waals surface area contributed by atoms with E-state index in [2.05, 4.69) is 10.6 Å². The minimum Gasteiger partial charge on any atom is -0.480 e. The van der Waals surface area contributed by atoms with Crippen LogP contribution >= 0.6 is 11.3 Å². The second kappa shape index (κ2) is 6.86. The van der Waals surface area contributed by atoms with Gasteiger partial charge in [-0.2, -0.15) is 0 Å². The Labute approximate surface area is 130 Å². The molecule has 0 spiro atoms. The highest BCUT2D eigenvalue weighted by molar-refractivity contribution is 7.12. The molecule has 7 heteroatoms. The standard InChI is InChI=1S/C15H14N2O4S/c1-9-7-10(14(20)16-8-13(18)19)4-5-11(9)17-15(21)12-3-2-6-22-12/h2-7H,8H2,1H3,(H,16,20)(H,17,21)(H,18,19). The predicted molar refractivity (Wildman–Crippen MR) is 83.4 cm³/mol. The van der Waals surface area contributed by atoms with E-state index in [-0.39, 0.29) is 5.91 Å². The van der Waals surface area contributed by atoms with Gasteiger partial charge >= 0.3 is 5.97 Å². The molecule has 0 aliphatic heterocycles. The number of carbonyl (C=O) groups excluding carboxylic acids is 2. The van der Waals surface area contributed by atoms with Crippen LogP contribution in [-0.2, 0) is 4.79 Å². The van der Waals surface area contributed by atoms with Crippen molar-refractivity contribution in [3.63, 3.8) is 0 Å². The summed E-state index contributed by atoms with van der Waals surface area (Å²) >= 11 is 1.34. The van der Waals surface area contributed by atoms with Crippen LogP contribution in [0.4, 0.5) is 5.69 Å². The molecule has 0 unspecified atom stereocenters. The largest absolute Gasteiger partial charge is 0.480 e. The molecule has 114 valence electrons. The zero-order valence-corrected chi connectivity index (χ0v) is 12.6. The molecule has 0 aliphatic carbocycles. The number of rotatable bonds is 5. The van der Waals surface area contributed by atoms with Gasteiger partial charge in [0.15, 0.2) is 0 Å². The molecule has 0 bridgehead atoms. The van der Waals surface area contributed by atoms with Crippen molar-refractivity contribution in [3.8, 4) is 0 Å². The monoisotopic (exact) mass is 318 g/mol. The summed E-state index contributed by atoms with van der Waals surface area (Å²) in [6, 6.07) is 8.28. The van der Waals surface area contributed by atoms with Crippen molar-refractivity contribution in [2.75, 3.05) is 11.9 Å². The van der Waals surface area contributed by atoms with Crippen molar-refractivity contribution in [1.29, 1.82) is 0 Å². The Morgan fingerprint density at radius 3 is 2.55 bits per heavy atom. The summed E-state index contributed by atoms with van der Waals surface area (Å²) in [5, 5.41) is 15.4. The third-order valence-electron chi connectivity index (χ3n) is 2.88. The number of amides is 2. The fourth-order valence-electron chi connectivity index (χ4n) is 1.79. The Hall–Kier alpha value is -2.67. The van der Waals surface area contributed by atoms with Crippen LogP contribution in [0.25, 0.3) is 0 Å². The molecule has 2 rings (SSSR count). The summed E-state index contributed by atoms with van der Waals surface area (Å²) < 4.78 is 0. The number of aliphatic carboxylic acids is 1. The van der Waals surface area contributed by atoms with Gasteiger partial charge in [0.05, 0.1) is 4.88 Å². The van der Waals surface area contributed by atoms with E-state index < -0.39 is 18.4 Å². The summed E-state index contributed by atoms with van der Waals surface area (Å²) in [6.45, 7) is 1.33. The number of anilines is 1. The molecule has 0 fully saturated rings. The second-order valence-corrected chi connectivity index (χ2v) is 5.49. The first kappa shape index (κ1) is 15.7.